The smallest absolute Gasteiger partial charge is 0.123 e. The van der Waals surface area contributed by atoms with Crippen LogP contribution in [0.4, 0.5) is 10.1 Å². The van der Waals surface area contributed by atoms with Crippen molar-refractivity contribution in [2.45, 2.75) is 39.3 Å². The number of benzene rings is 3. The van der Waals surface area contributed by atoms with Gasteiger partial charge >= 0.3 is 0 Å². The van der Waals surface area contributed by atoms with E-state index in [2.05, 4.69) is 46.6 Å². The Morgan fingerprint density at radius 3 is 2.62 bits per heavy atom. The summed E-state index contributed by atoms with van der Waals surface area (Å²) in [5, 5.41) is 4.45. The zero-order valence-electron chi connectivity index (χ0n) is 21.0. The van der Waals surface area contributed by atoms with Crippen LogP contribution in [0.2, 0.25) is 0 Å². The van der Waals surface area contributed by atoms with E-state index in [1.165, 1.54) is 12.1 Å². The van der Waals surface area contributed by atoms with Crippen molar-refractivity contribution in [3.05, 3.63) is 101 Å². The number of hydrogen-bond donors (Lipinski definition) is 2. The van der Waals surface area contributed by atoms with Crippen LogP contribution < -0.4 is 10.7 Å². The standard InChI is InChI=1S/C30H30FN5S/c1-3-23(14-16-37)34-27-18-30-28(17-21(27)19-33-25-8-6-15-32-20(25)2)35-26-7-4-5-9-29(26)36(30)24-12-10-22(31)11-13-24/h4-13,15,17-18,23,33,37H,3,14,16,19H2,1-2H3. The summed E-state index contributed by atoms with van der Waals surface area (Å²) in [4.78, 5) is 14.6. The summed E-state index contributed by atoms with van der Waals surface area (Å²) in [7, 11) is 0. The van der Waals surface area contributed by atoms with Gasteiger partial charge in [-0.2, -0.15) is 12.6 Å². The number of para-hydroxylation sites is 2. The average molecular weight is 512 g/mol. The van der Waals surface area contributed by atoms with Gasteiger partial charge in [-0.15, -0.1) is 0 Å². The normalized spacial score (nSPS) is 12.8. The molecule has 2 aliphatic rings. The lowest BCUT2D eigenvalue weighted by molar-refractivity contribution is 0.620. The molecule has 2 aromatic carbocycles. The first kappa shape index (κ1) is 25.0. The molecule has 1 atom stereocenters. The van der Waals surface area contributed by atoms with Gasteiger partial charge in [-0.05, 0) is 91.7 Å². The van der Waals surface area contributed by atoms with Crippen molar-refractivity contribution < 1.29 is 4.39 Å². The Morgan fingerprint density at radius 2 is 1.86 bits per heavy atom. The summed E-state index contributed by atoms with van der Waals surface area (Å²) >= 11 is 4.45. The Hall–Kier alpha value is -3.71. The minimum Gasteiger partial charge on any atom is -0.379 e. The van der Waals surface area contributed by atoms with Gasteiger partial charge in [-0.3, -0.25) is 9.98 Å². The SMILES string of the molecule is CCC(CCS)N=c1cc2n(-c3ccc(F)cc3)c3ccccc3nc-2cc1CNc1cccnc1C. The highest BCUT2D eigenvalue weighted by atomic mass is 32.1. The molecule has 2 heterocycles. The van der Waals surface area contributed by atoms with Gasteiger partial charge in [-0.1, -0.05) is 19.1 Å². The summed E-state index contributed by atoms with van der Waals surface area (Å²) < 4.78 is 15.9. The van der Waals surface area contributed by atoms with E-state index in [4.69, 9.17) is 9.98 Å². The number of fused-ring (bicyclic) bond motifs is 2. The molecule has 1 aliphatic heterocycles. The van der Waals surface area contributed by atoms with Crippen LogP contribution in [0.3, 0.4) is 0 Å². The first-order valence-electron chi connectivity index (χ1n) is 12.6. The van der Waals surface area contributed by atoms with Crippen LogP contribution in [0.25, 0.3) is 28.1 Å². The highest BCUT2D eigenvalue weighted by Gasteiger charge is 2.17. The van der Waals surface area contributed by atoms with E-state index in [1.54, 1.807) is 18.3 Å². The third-order valence-electron chi connectivity index (χ3n) is 6.60. The first-order chi connectivity index (χ1) is 18.1. The molecule has 7 heteroatoms. The van der Waals surface area contributed by atoms with Gasteiger partial charge in [-0.25, -0.2) is 9.37 Å². The average Bonchev–Trinajstić information content (AvgIpc) is 2.91. The number of rotatable bonds is 8. The number of anilines is 1. The Balaban J connectivity index is 1.74. The molecule has 1 unspecified atom stereocenters. The zero-order chi connectivity index (χ0) is 25.8. The number of nitrogens with one attached hydrogen (secondary N) is 1. The lowest BCUT2D eigenvalue weighted by Crippen LogP contribution is -2.21. The number of pyridine rings is 1. The van der Waals surface area contributed by atoms with Gasteiger partial charge < -0.3 is 9.88 Å². The van der Waals surface area contributed by atoms with E-state index < -0.39 is 0 Å². The second-order valence-electron chi connectivity index (χ2n) is 9.08. The summed E-state index contributed by atoms with van der Waals surface area (Å²) in [5.41, 5.74) is 7.46. The van der Waals surface area contributed by atoms with Crippen molar-refractivity contribution in [1.29, 1.82) is 0 Å². The number of thiol groups is 1. The van der Waals surface area contributed by atoms with Crippen molar-refractivity contribution in [1.82, 2.24) is 14.5 Å². The molecular weight excluding hydrogens is 481 g/mol. The zero-order valence-corrected chi connectivity index (χ0v) is 21.9. The quantitative estimate of drug-likeness (QED) is 0.183. The summed E-state index contributed by atoms with van der Waals surface area (Å²) in [6.07, 6.45) is 3.63. The van der Waals surface area contributed by atoms with E-state index in [9.17, 15) is 4.39 Å². The molecule has 0 amide bonds. The third kappa shape index (κ3) is 5.37. The van der Waals surface area contributed by atoms with Gasteiger partial charge in [0.1, 0.15) is 5.82 Å². The summed E-state index contributed by atoms with van der Waals surface area (Å²) in [5.74, 6) is 0.513. The minimum absolute atomic E-state index is 0.168. The van der Waals surface area contributed by atoms with Crippen molar-refractivity contribution in [2.24, 2.45) is 4.99 Å². The van der Waals surface area contributed by atoms with Gasteiger partial charge in [0.15, 0.2) is 0 Å². The predicted molar refractivity (Wildman–Crippen MR) is 152 cm³/mol. The Kier molecular flexibility index (Phi) is 7.51. The first-order valence-corrected chi connectivity index (χ1v) is 13.2. The second kappa shape index (κ2) is 11.1. The fraction of sp³-hybridized carbons (Fsp3) is 0.233. The molecular formula is C30H30FN5S. The molecule has 5 rings (SSSR count). The number of halogens is 1. The van der Waals surface area contributed by atoms with E-state index >= 15 is 0 Å². The maximum Gasteiger partial charge on any atom is 0.123 e. The highest BCUT2D eigenvalue weighted by Crippen LogP contribution is 2.29. The number of nitrogens with zero attached hydrogens (tertiary/aromatic N) is 4. The maximum atomic E-state index is 13.8. The van der Waals surface area contributed by atoms with E-state index in [-0.39, 0.29) is 11.9 Å². The van der Waals surface area contributed by atoms with E-state index in [0.29, 0.717) is 6.54 Å². The van der Waals surface area contributed by atoms with Crippen molar-refractivity contribution in [3.63, 3.8) is 0 Å². The Bertz CT molecular complexity index is 1560. The maximum absolute atomic E-state index is 13.8. The van der Waals surface area contributed by atoms with E-state index in [0.717, 1.165) is 69.0 Å². The van der Waals surface area contributed by atoms with Crippen molar-refractivity contribution >= 4 is 29.3 Å². The number of aryl methyl sites for hydroxylation is 1. The molecule has 37 heavy (non-hydrogen) atoms. The molecule has 3 aromatic rings. The molecule has 5 nitrogen and oxygen atoms in total. The van der Waals surface area contributed by atoms with Crippen LogP contribution >= 0.6 is 12.6 Å². The predicted octanol–water partition coefficient (Wildman–Crippen LogP) is 6.58. The lowest BCUT2D eigenvalue weighted by atomic mass is 10.1. The van der Waals surface area contributed by atoms with Crippen LogP contribution in [0.15, 0.2) is 84.0 Å². The molecule has 0 saturated carbocycles. The Labute approximate surface area is 221 Å². The highest BCUT2D eigenvalue weighted by molar-refractivity contribution is 7.80. The van der Waals surface area contributed by atoms with Gasteiger partial charge in [0.25, 0.3) is 0 Å². The van der Waals surface area contributed by atoms with E-state index in [1.807, 2.05) is 43.3 Å². The fourth-order valence-electron chi connectivity index (χ4n) is 4.58. The van der Waals surface area contributed by atoms with Gasteiger partial charge in [0, 0.05) is 18.4 Å². The molecule has 1 N–H and O–H groups in total. The Morgan fingerprint density at radius 1 is 1.05 bits per heavy atom. The van der Waals surface area contributed by atoms with Crippen LogP contribution in [0.1, 0.15) is 31.0 Å². The third-order valence-corrected chi connectivity index (χ3v) is 6.85. The van der Waals surface area contributed by atoms with Gasteiger partial charge in [0.05, 0.1) is 45.2 Å². The molecule has 188 valence electrons. The molecule has 0 fully saturated rings. The van der Waals surface area contributed by atoms with Crippen LogP contribution in [-0.2, 0) is 6.54 Å². The molecule has 0 spiro atoms. The molecule has 1 aromatic heterocycles. The van der Waals surface area contributed by atoms with Crippen LogP contribution in [0, 0.1) is 12.7 Å². The summed E-state index contributed by atoms with van der Waals surface area (Å²) in [6.45, 7) is 4.74. The van der Waals surface area contributed by atoms with Crippen molar-refractivity contribution in [3.8, 4) is 17.1 Å². The van der Waals surface area contributed by atoms with Gasteiger partial charge in [0.2, 0.25) is 0 Å². The topological polar surface area (TPSA) is 55.1 Å². The second-order valence-corrected chi connectivity index (χ2v) is 9.52. The molecule has 0 saturated heterocycles. The molecule has 1 aliphatic carbocycles. The van der Waals surface area contributed by atoms with Crippen molar-refractivity contribution in [2.75, 3.05) is 11.1 Å². The monoisotopic (exact) mass is 511 g/mol. The fourth-order valence-corrected chi connectivity index (χ4v) is 4.88. The molecule has 0 bridgehead atoms. The number of hydrogen-bond acceptors (Lipinski definition) is 5. The lowest BCUT2D eigenvalue weighted by Gasteiger charge is -2.20. The minimum atomic E-state index is -0.265. The molecule has 0 radical (unpaired) electrons. The van der Waals surface area contributed by atoms with Crippen LogP contribution in [0.5, 0.6) is 0 Å². The largest absolute Gasteiger partial charge is 0.379 e. The summed E-state index contributed by atoms with van der Waals surface area (Å²) in [6, 6.07) is 23.0. The number of aromatic nitrogens is 3. The van der Waals surface area contributed by atoms with Crippen LogP contribution in [-0.4, -0.2) is 26.3 Å².